The van der Waals surface area contributed by atoms with Crippen LogP contribution in [0.2, 0.25) is 0 Å². The first-order valence-electron chi connectivity index (χ1n) is 6.34. The van der Waals surface area contributed by atoms with Crippen molar-refractivity contribution in [2.75, 3.05) is 5.32 Å². The third-order valence-corrected chi connectivity index (χ3v) is 3.16. The Morgan fingerprint density at radius 2 is 2.00 bits per heavy atom. The van der Waals surface area contributed by atoms with Crippen LogP contribution in [-0.4, -0.2) is 6.03 Å². The topological polar surface area (TPSA) is 41.1 Å². The minimum atomic E-state index is -0.670. The molecule has 2 amide bonds. The largest absolute Gasteiger partial charge is 0.323 e. The van der Waals surface area contributed by atoms with Gasteiger partial charge >= 0.3 is 6.03 Å². The van der Waals surface area contributed by atoms with Gasteiger partial charge in [-0.3, -0.25) is 0 Å². The van der Waals surface area contributed by atoms with E-state index in [1.165, 1.54) is 12.8 Å². The number of allylic oxidation sites excluding steroid dienone is 1. The van der Waals surface area contributed by atoms with Crippen LogP contribution in [0.15, 0.2) is 30.5 Å². The van der Waals surface area contributed by atoms with Crippen molar-refractivity contribution in [1.82, 2.24) is 5.32 Å². The van der Waals surface area contributed by atoms with E-state index in [1.54, 1.807) is 6.20 Å². The Labute approximate surface area is 110 Å². The minimum Gasteiger partial charge on any atom is -0.315 e. The standard InChI is InChI=1S/C14H16F2N2O/c15-11-5-6-12(16)13(9-11)18-14(19)17-8-7-10-3-1-2-4-10/h5-10H,1-4H2,(H2,17,18,19)/b8-7+. The highest BCUT2D eigenvalue weighted by atomic mass is 19.1. The molecule has 1 aromatic carbocycles. The molecule has 1 aliphatic carbocycles. The Kier molecular flexibility index (Phi) is 4.49. The van der Waals surface area contributed by atoms with Crippen LogP contribution in [0.25, 0.3) is 0 Å². The van der Waals surface area contributed by atoms with Gasteiger partial charge in [0.1, 0.15) is 11.6 Å². The van der Waals surface area contributed by atoms with Gasteiger partial charge in [-0.05, 0) is 30.9 Å². The quantitative estimate of drug-likeness (QED) is 0.858. The number of hydrogen-bond acceptors (Lipinski definition) is 1. The Morgan fingerprint density at radius 1 is 1.26 bits per heavy atom. The van der Waals surface area contributed by atoms with E-state index in [-0.39, 0.29) is 5.69 Å². The van der Waals surface area contributed by atoms with Gasteiger partial charge in [0.05, 0.1) is 5.69 Å². The molecule has 102 valence electrons. The molecule has 0 aromatic heterocycles. The highest BCUT2D eigenvalue weighted by Gasteiger charge is 2.11. The fourth-order valence-corrected chi connectivity index (χ4v) is 2.16. The number of amides is 2. The second-order valence-corrected chi connectivity index (χ2v) is 4.63. The van der Waals surface area contributed by atoms with E-state index in [9.17, 15) is 13.6 Å². The van der Waals surface area contributed by atoms with Gasteiger partial charge in [-0.15, -0.1) is 0 Å². The zero-order valence-corrected chi connectivity index (χ0v) is 10.5. The third kappa shape index (κ3) is 4.05. The number of urea groups is 1. The molecule has 0 aliphatic heterocycles. The number of anilines is 1. The molecule has 1 saturated carbocycles. The molecular weight excluding hydrogens is 250 g/mol. The minimum absolute atomic E-state index is 0.174. The number of benzene rings is 1. The lowest BCUT2D eigenvalue weighted by Crippen LogP contribution is -2.24. The van der Waals surface area contributed by atoms with Gasteiger partial charge in [0.15, 0.2) is 0 Å². The molecule has 1 fully saturated rings. The van der Waals surface area contributed by atoms with Crippen molar-refractivity contribution in [3.8, 4) is 0 Å². The van der Waals surface area contributed by atoms with Gasteiger partial charge in [-0.25, -0.2) is 13.6 Å². The lowest BCUT2D eigenvalue weighted by atomic mass is 10.1. The summed E-state index contributed by atoms with van der Waals surface area (Å²) in [4.78, 5) is 11.5. The van der Waals surface area contributed by atoms with Crippen LogP contribution in [0.1, 0.15) is 25.7 Å². The van der Waals surface area contributed by atoms with E-state index in [0.29, 0.717) is 5.92 Å². The summed E-state index contributed by atoms with van der Waals surface area (Å²) in [6.45, 7) is 0. The summed E-state index contributed by atoms with van der Waals surface area (Å²) in [5, 5.41) is 4.75. The molecular formula is C14H16F2N2O. The maximum Gasteiger partial charge on any atom is 0.323 e. The van der Waals surface area contributed by atoms with Crippen LogP contribution in [0, 0.1) is 17.6 Å². The molecule has 0 spiro atoms. The van der Waals surface area contributed by atoms with Crippen LogP contribution in [0.4, 0.5) is 19.3 Å². The van der Waals surface area contributed by atoms with Gasteiger partial charge < -0.3 is 10.6 Å². The summed E-state index contributed by atoms with van der Waals surface area (Å²) in [5.41, 5.74) is -0.174. The number of nitrogens with one attached hydrogen (secondary N) is 2. The van der Waals surface area contributed by atoms with Crippen molar-refractivity contribution < 1.29 is 13.6 Å². The van der Waals surface area contributed by atoms with Gasteiger partial charge in [0, 0.05) is 12.3 Å². The van der Waals surface area contributed by atoms with Crippen molar-refractivity contribution in [3.63, 3.8) is 0 Å². The Balaban J connectivity index is 1.85. The number of hydrogen-bond donors (Lipinski definition) is 2. The van der Waals surface area contributed by atoms with Crippen LogP contribution < -0.4 is 10.6 Å². The molecule has 0 unspecified atom stereocenters. The van der Waals surface area contributed by atoms with Gasteiger partial charge in [-0.1, -0.05) is 18.9 Å². The molecule has 19 heavy (non-hydrogen) atoms. The fraction of sp³-hybridized carbons (Fsp3) is 0.357. The lowest BCUT2D eigenvalue weighted by molar-refractivity contribution is 0.255. The molecule has 2 rings (SSSR count). The molecule has 0 atom stereocenters. The number of carbonyl (C=O) groups is 1. The molecule has 0 radical (unpaired) electrons. The summed E-state index contributed by atoms with van der Waals surface area (Å²) in [7, 11) is 0. The summed E-state index contributed by atoms with van der Waals surface area (Å²) < 4.78 is 26.2. The van der Waals surface area contributed by atoms with E-state index in [1.807, 2.05) is 6.08 Å². The lowest BCUT2D eigenvalue weighted by Gasteiger charge is -2.06. The summed E-state index contributed by atoms with van der Waals surface area (Å²) in [5.74, 6) is -0.763. The van der Waals surface area contributed by atoms with Crippen molar-refractivity contribution in [2.24, 2.45) is 5.92 Å². The Morgan fingerprint density at radius 3 is 2.74 bits per heavy atom. The normalized spacial score (nSPS) is 15.9. The highest BCUT2D eigenvalue weighted by Crippen LogP contribution is 2.25. The highest BCUT2D eigenvalue weighted by molar-refractivity contribution is 5.89. The maximum absolute atomic E-state index is 13.3. The average molecular weight is 266 g/mol. The van der Waals surface area contributed by atoms with E-state index in [4.69, 9.17) is 0 Å². The van der Waals surface area contributed by atoms with Crippen LogP contribution in [0.3, 0.4) is 0 Å². The molecule has 0 saturated heterocycles. The smallest absolute Gasteiger partial charge is 0.315 e. The van der Waals surface area contributed by atoms with Crippen LogP contribution in [-0.2, 0) is 0 Å². The van der Waals surface area contributed by atoms with Crippen LogP contribution >= 0.6 is 0 Å². The van der Waals surface area contributed by atoms with Gasteiger partial charge in [0.2, 0.25) is 0 Å². The number of carbonyl (C=O) groups excluding carboxylic acids is 1. The predicted molar refractivity (Wildman–Crippen MR) is 69.6 cm³/mol. The first-order valence-corrected chi connectivity index (χ1v) is 6.34. The second kappa shape index (κ2) is 6.31. The van der Waals surface area contributed by atoms with E-state index >= 15 is 0 Å². The third-order valence-electron chi connectivity index (χ3n) is 3.16. The van der Waals surface area contributed by atoms with Crippen LogP contribution in [0.5, 0.6) is 0 Å². The number of halogens is 2. The first kappa shape index (κ1) is 13.5. The first-order chi connectivity index (χ1) is 9.15. The van der Waals surface area contributed by atoms with Crippen molar-refractivity contribution in [3.05, 3.63) is 42.1 Å². The Hall–Kier alpha value is -1.91. The zero-order valence-electron chi connectivity index (χ0n) is 10.5. The van der Waals surface area contributed by atoms with Gasteiger partial charge in [-0.2, -0.15) is 0 Å². The van der Waals surface area contributed by atoms with Crippen molar-refractivity contribution in [1.29, 1.82) is 0 Å². The van der Waals surface area contributed by atoms with E-state index < -0.39 is 17.7 Å². The zero-order chi connectivity index (χ0) is 13.7. The van der Waals surface area contributed by atoms with Crippen molar-refractivity contribution in [2.45, 2.75) is 25.7 Å². The molecule has 1 aliphatic rings. The molecule has 2 N–H and O–H groups in total. The Bertz CT molecular complexity index is 482. The van der Waals surface area contributed by atoms with E-state index in [2.05, 4.69) is 10.6 Å². The number of rotatable bonds is 3. The predicted octanol–water partition coefficient (Wildman–Crippen LogP) is 3.79. The molecule has 3 nitrogen and oxygen atoms in total. The van der Waals surface area contributed by atoms with Crippen molar-refractivity contribution >= 4 is 11.7 Å². The average Bonchev–Trinajstić information content (AvgIpc) is 2.87. The molecule has 1 aromatic rings. The summed E-state index contributed by atoms with van der Waals surface area (Å²) in [6, 6.07) is 2.33. The summed E-state index contributed by atoms with van der Waals surface area (Å²) in [6.07, 6.45) is 8.21. The van der Waals surface area contributed by atoms with Gasteiger partial charge in [0.25, 0.3) is 0 Å². The molecule has 0 heterocycles. The SMILES string of the molecule is O=C(N/C=C/C1CCCC1)Nc1cc(F)ccc1F. The summed E-state index contributed by atoms with van der Waals surface area (Å²) >= 11 is 0. The molecule has 0 bridgehead atoms. The maximum atomic E-state index is 13.3. The molecule has 5 heteroatoms. The second-order valence-electron chi connectivity index (χ2n) is 4.63. The van der Waals surface area contributed by atoms with E-state index in [0.717, 1.165) is 31.0 Å². The fourth-order valence-electron chi connectivity index (χ4n) is 2.16. The monoisotopic (exact) mass is 266 g/mol.